The number of halogens is 3. The van der Waals surface area contributed by atoms with Gasteiger partial charge in [-0.25, -0.2) is 0 Å². The number of aromatic amines is 1. The van der Waals surface area contributed by atoms with Crippen molar-refractivity contribution in [1.82, 2.24) is 4.90 Å². The maximum absolute atomic E-state index is 14.6. The van der Waals surface area contributed by atoms with Crippen LogP contribution >= 0.6 is 11.6 Å². The Balaban J connectivity index is 0.00000176. The van der Waals surface area contributed by atoms with Crippen LogP contribution in [0.1, 0.15) is 80.5 Å². The summed E-state index contributed by atoms with van der Waals surface area (Å²) < 4.78 is 5.75. The monoisotopic (exact) mass is 593 g/mol. The number of nitrogens with one attached hydrogen (secondary N) is 1. The van der Waals surface area contributed by atoms with Gasteiger partial charge in [0.25, 0.3) is 5.15 Å². The number of piperidine rings is 1. The third kappa shape index (κ3) is 5.66. The van der Waals surface area contributed by atoms with Gasteiger partial charge < -0.3 is 39.8 Å². The Hall–Kier alpha value is -1.53. The molecule has 5 nitrogen and oxygen atoms in total. The van der Waals surface area contributed by atoms with Gasteiger partial charge in [-0.2, -0.15) is 4.98 Å². The lowest BCUT2D eigenvalue weighted by molar-refractivity contribution is -0.640. The third-order valence-electron chi connectivity index (χ3n) is 10.2. The normalized spacial score (nSPS) is 28.8. The van der Waals surface area contributed by atoms with E-state index in [0.29, 0.717) is 28.9 Å². The number of ether oxygens (including phenoxy) is 1. The molecule has 2 saturated heterocycles. The second kappa shape index (κ2) is 13.0. The maximum atomic E-state index is 14.6. The summed E-state index contributed by atoms with van der Waals surface area (Å²) in [5.74, 6) is 2.50. The summed E-state index contributed by atoms with van der Waals surface area (Å²) in [6.07, 6.45) is 11.7. The molecule has 1 aromatic heterocycles. The van der Waals surface area contributed by atoms with Crippen LogP contribution in [0, 0.1) is 11.8 Å². The zero-order valence-corrected chi connectivity index (χ0v) is 25.2. The fraction of sp³-hybridized carbons (Fsp3) is 0.613. The fourth-order valence-corrected chi connectivity index (χ4v) is 8.58. The lowest BCUT2D eigenvalue weighted by Gasteiger charge is -2.47. The summed E-state index contributed by atoms with van der Waals surface area (Å²) in [5, 5.41) is 3.08. The number of nitrogens with two attached hydrogens (primary N) is 1. The quantitative estimate of drug-likeness (QED) is 0.429. The maximum Gasteiger partial charge on any atom is 0.273 e. The van der Waals surface area contributed by atoms with Crippen molar-refractivity contribution in [1.29, 1.82) is 0 Å². The fourth-order valence-electron chi connectivity index (χ4n) is 8.40. The summed E-state index contributed by atoms with van der Waals surface area (Å²) in [4.78, 5) is 20.4. The van der Waals surface area contributed by atoms with Crippen LogP contribution in [0.5, 0.6) is 5.75 Å². The molecule has 3 heterocycles. The van der Waals surface area contributed by atoms with E-state index in [9.17, 15) is 4.79 Å². The molecule has 4 atom stereocenters. The lowest BCUT2D eigenvalue weighted by atomic mass is 9.64. The van der Waals surface area contributed by atoms with Crippen molar-refractivity contribution in [3.8, 4) is 5.75 Å². The first-order valence-corrected chi connectivity index (χ1v) is 14.9. The summed E-state index contributed by atoms with van der Waals surface area (Å²) in [6.45, 7) is 2.75. The molecule has 1 saturated carbocycles. The van der Waals surface area contributed by atoms with Gasteiger partial charge in [-0.15, -0.1) is 0 Å². The Kier molecular flexibility index (Phi) is 10.1. The summed E-state index contributed by atoms with van der Waals surface area (Å²) in [7, 11) is 1.78. The smallest absolute Gasteiger partial charge is 0.273 e. The summed E-state index contributed by atoms with van der Waals surface area (Å²) in [6, 6.07) is 13.0. The molecule has 3 N–H and O–H groups in total. The van der Waals surface area contributed by atoms with Crippen LogP contribution in [-0.4, -0.2) is 43.6 Å². The molecule has 0 unspecified atom stereocenters. The van der Waals surface area contributed by atoms with Gasteiger partial charge in [-0.3, -0.25) is 4.79 Å². The van der Waals surface area contributed by atoms with E-state index in [0.717, 1.165) is 57.5 Å². The second-order valence-corrected chi connectivity index (χ2v) is 12.4. The van der Waals surface area contributed by atoms with E-state index >= 15 is 0 Å². The molecular formula is C31H42Cl3N3O2. The first-order valence-electron chi connectivity index (χ1n) is 14.6. The van der Waals surface area contributed by atoms with Crippen LogP contribution < -0.4 is 39.9 Å². The Bertz CT molecular complexity index is 1140. The van der Waals surface area contributed by atoms with Gasteiger partial charge in [0.15, 0.2) is 5.69 Å². The van der Waals surface area contributed by atoms with Gasteiger partial charge in [-0.1, -0.05) is 37.5 Å². The largest absolute Gasteiger partial charge is 1.00 e. The minimum absolute atomic E-state index is 0. The summed E-state index contributed by atoms with van der Waals surface area (Å²) in [5.41, 5.74) is 3.82. The van der Waals surface area contributed by atoms with Crippen molar-refractivity contribution in [3.05, 3.63) is 58.4 Å². The molecule has 2 aliphatic heterocycles. The van der Waals surface area contributed by atoms with Gasteiger partial charge in [0.1, 0.15) is 11.7 Å². The van der Waals surface area contributed by atoms with Crippen LogP contribution in [0.3, 0.4) is 0 Å². The van der Waals surface area contributed by atoms with Crippen LogP contribution in [0.4, 0.5) is 0 Å². The molecule has 214 valence electrons. The topological polar surface area (TPSA) is 60.3 Å². The number of methoxy groups -OCH3 is 1. The molecule has 39 heavy (non-hydrogen) atoms. The van der Waals surface area contributed by atoms with Crippen molar-refractivity contribution in [2.45, 2.75) is 81.6 Å². The standard InChI is InChI=1S/C31H40ClN3O2.2ClH/c1-37-28-12-6-5-10-23(28)22-15-17-35(27(18-22)21-8-3-2-4-9-21)30(36)25-19-33-20-31(25)16-7-11-26-24(31)13-14-29(32)34-26;;/h5-6,10,12-14,21-22,25,27,33H,2-4,7-9,11,15-20H2,1H3;2*1H/t22-,25+,27+,31+;;/m1../s1. The Labute approximate surface area is 250 Å². The zero-order valence-electron chi connectivity index (χ0n) is 22.9. The number of hydrogen-bond donors (Lipinski definition) is 1. The number of carbonyl (C=O) groups is 1. The van der Waals surface area contributed by atoms with Gasteiger partial charge >= 0.3 is 0 Å². The molecule has 3 fully saturated rings. The predicted molar refractivity (Wildman–Crippen MR) is 145 cm³/mol. The van der Waals surface area contributed by atoms with E-state index in [1.54, 1.807) is 7.11 Å². The van der Waals surface area contributed by atoms with Crippen molar-refractivity contribution in [2.24, 2.45) is 11.8 Å². The number of quaternary nitrogens is 1. The van der Waals surface area contributed by atoms with Crippen molar-refractivity contribution < 1.29 is 44.6 Å². The molecular weight excluding hydrogens is 553 g/mol. The molecule has 2 aromatic rings. The number of amides is 1. The highest BCUT2D eigenvalue weighted by Gasteiger charge is 2.56. The highest BCUT2D eigenvalue weighted by Crippen LogP contribution is 2.46. The lowest BCUT2D eigenvalue weighted by Crippen LogP contribution is -3.00. The summed E-state index contributed by atoms with van der Waals surface area (Å²) >= 11 is 6.34. The van der Waals surface area contributed by atoms with E-state index in [4.69, 9.17) is 16.3 Å². The average Bonchev–Trinajstić information content (AvgIpc) is 3.36. The van der Waals surface area contributed by atoms with Gasteiger partial charge in [0, 0.05) is 30.6 Å². The number of aryl methyl sites for hydroxylation is 1. The highest BCUT2D eigenvalue weighted by atomic mass is 35.5. The van der Waals surface area contributed by atoms with Gasteiger partial charge in [0.2, 0.25) is 5.91 Å². The second-order valence-electron chi connectivity index (χ2n) is 11.9. The molecule has 1 amide bonds. The van der Waals surface area contributed by atoms with Crippen LogP contribution in [-0.2, 0) is 16.6 Å². The van der Waals surface area contributed by atoms with E-state index in [1.807, 2.05) is 6.07 Å². The Morgan fingerprint density at radius 1 is 1.08 bits per heavy atom. The first-order chi connectivity index (χ1) is 18.1. The van der Waals surface area contributed by atoms with E-state index in [2.05, 4.69) is 45.5 Å². The van der Waals surface area contributed by atoms with E-state index in [-0.39, 0.29) is 36.1 Å². The number of para-hydroxylation sites is 1. The number of nitrogens with zero attached hydrogens (tertiary/aromatic N) is 1. The zero-order chi connectivity index (χ0) is 25.4. The minimum Gasteiger partial charge on any atom is -1.00 e. The highest BCUT2D eigenvalue weighted by molar-refractivity contribution is 6.28. The SMILES string of the molecule is COc1ccccc1[C@@H]1CCN(C(=O)[C@@H]2C[NH2+]C[C@]23CCCc2[nH+]c(Cl)ccc23)[C@H](C2CCCCC2)C1.[Cl-].[Cl-]. The number of pyridine rings is 1. The van der Waals surface area contributed by atoms with Crippen molar-refractivity contribution in [3.63, 3.8) is 0 Å². The van der Waals surface area contributed by atoms with E-state index in [1.165, 1.54) is 48.9 Å². The van der Waals surface area contributed by atoms with Crippen molar-refractivity contribution >= 4 is 17.5 Å². The molecule has 0 bridgehead atoms. The number of fused-ring (bicyclic) bond motifs is 2. The predicted octanol–water partition coefficient (Wildman–Crippen LogP) is -1.71. The molecule has 1 aromatic carbocycles. The number of benzene rings is 1. The molecule has 0 radical (unpaired) electrons. The molecule has 2 aliphatic carbocycles. The minimum atomic E-state index is -0.0810. The molecule has 4 aliphatic rings. The van der Waals surface area contributed by atoms with Crippen molar-refractivity contribution in [2.75, 3.05) is 26.7 Å². The van der Waals surface area contributed by atoms with E-state index < -0.39 is 0 Å². The Morgan fingerprint density at radius 3 is 2.67 bits per heavy atom. The number of aromatic nitrogens is 1. The number of H-pyrrole nitrogens is 1. The molecule has 6 rings (SSSR count). The Morgan fingerprint density at radius 2 is 1.87 bits per heavy atom. The molecule has 1 spiro atoms. The van der Waals surface area contributed by atoms with Crippen LogP contribution in [0.25, 0.3) is 0 Å². The first kappa shape index (κ1) is 30.4. The van der Waals surface area contributed by atoms with Gasteiger partial charge in [0.05, 0.1) is 25.6 Å². The third-order valence-corrected chi connectivity index (χ3v) is 10.4. The number of likely N-dealkylation sites (tertiary alicyclic amines) is 1. The number of carbonyl (C=O) groups excluding carboxylic acids is 1. The molecule has 8 heteroatoms. The van der Waals surface area contributed by atoms with Gasteiger partial charge in [-0.05, 0) is 79.7 Å². The number of rotatable bonds is 4. The average molecular weight is 595 g/mol. The van der Waals surface area contributed by atoms with Crippen LogP contribution in [0.15, 0.2) is 36.4 Å². The number of hydrogen-bond acceptors (Lipinski definition) is 2. The van der Waals surface area contributed by atoms with Crippen LogP contribution in [0.2, 0.25) is 5.15 Å².